The van der Waals surface area contributed by atoms with Crippen LogP contribution in [0.3, 0.4) is 0 Å². The van der Waals surface area contributed by atoms with Crippen molar-refractivity contribution < 1.29 is 4.74 Å². The van der Waals surface area contributed by atoms with E-state index >= 15 is 0 Å². The van der Waals surface area contributed by atoms with Gasteiger partial charge in [0.2, 0.25) is 5.88 Å². The van der Waals surface area contributed by atoms with Crippen molar-refractivity contribution >= 4 is 0 Å². The number of aromatic nitrogens is 3. The van der Waals surface area contributed by atoms with Crippen LogP contribution in [0.25, 0.3) is 11.4 Å². The van der Waals surface area contributed by atoms with Crippen molar-refractivity contribution in [3.8, 4) is 23.3 Å². The molecule has 0 saturated carbocycles. The van der Waals surface area contributed by atoms with Gasteiger partial charge < -0.3 is 4.74 Å². The van der Waals surface area contributed by atoms with Crippen LogP contribution in [0, 0.1) is 23.2 Å². The smallest absolute Gasteiger partial charge is 0.220 e. The van der Waals surface area contributed by atoms with Crippen LogP contribution in [0.4, 0.5) is 0 Å². The molecule has 2 aromatic heterocycles. The van der Waals surface area contributed by atoms with Gasteiger partial charge in [-0.25, -0.2) is 4.98 Å². The molecular formula is C21H22N4O. The Morgan fingerprint density at radius 1 is 1.35 bits per heavy atom. The summed E-state index contributed by atoms with van der Waals surface area (Å²) in [6.07, 6.45) is 8.46. The first-order valence-electron chi connectivity index (χ1n) is 9.04. The number of methoxy groups -OCH3 is 1. The van der Waals surface area contributed by atoms with Gasteiger partial charge in [0.1, 0.15) is 0 Å². The SMILES string of the molecule is COc1nc(-c2cccnc2)nc2c1CC[C@@H]1[C@@H](C)CC(C#N)=C[C@@]21C. The van der Waals surface area contributed by atoms with Crippen LogP contribution in [-0.2, 0) is 11.8 Å². The minimum absolute atomic E-state index is 0.274. The molecule has 5 nitrogen and oxygen atoms in total. The number of hydrogen-bond acceptors (Lipinski definition) is 5. The fourth-order valence-corrected chi connectivity index (χ4v) is 4.74. The summed E-state index contributed by atoms with van der Waals surface area (Å²) in [5, 5.41) is 9.51. The van der Waals surface area contributed by atoms with Gasteiger partial charge in [-0.1, -0.05) is 19.9 Å². The molecule has 0 fully saturated rings. The van der Waals surface area contributed by atoms with Gasteiger partial charge in [0.05, 0.1) is 18.9 Å². The average molecular weight is 346 g/mol. The maximum Gasteiger partial charge on any atom is 0.220 e. The van der Waals surface area contributed by atoms with Gasteiger partial charge in [-0.2, -0.15) is 10.2 Å². The Balaban J connectivity index is 1.95. The summed E-state index contributed by atoms with van der Waals surface area (Å²) in [6, 6.07) is 6.21. The summed E-state index contributed by atoms with van der Waals surface area (Å²) < 4.78 is 5.62. The lowest BCUT2D eigenvalue weighted by Gasteiger charge is -2.46. The van der Waals surface area contributed by atoms with E-state index < -0.39 is 0 Å². The van der Waals surface area contributed by atoms with Gasteiger partial charge in [0.25, 0.3) is 0 Å². The van der Waals surface area contributed by atoms with E-state index in [0.717, 1.165) is 41.7 Å². The molecule has 0 radical (unpaired) electrons. The Bertz CT molecular complexity index is 916. The fraction of sp³-hybridized carbons (Fsp3) is 0.429. The number of pyridine rings is 1. The predicted molar refractivity (Wildman–Crippen MR) is 98.5 cm³/mol. The monoisotopic (exact) mass is 346 g/mol. The summed E-state index contributed by atoms with van der Waals surface area (Å²) in [5.74, 6) is 2.18. The number of fused-ring (bicyclic) bond motifs is 3. The minimum atomic E-state index is -0.274. The van der Waals surface area contributed by atoms with Crippen LogP contribution in [0.2, 0.25) is 0 Å². The number of ether oxygens (including phenoxy) is 1. The largest absolute Gasteiger partial charge is 0.481 e. The van der Waals surface area contributed by atoms with Crippen LogP contribution in [0.5, 0.6) is 5.88 Å². The molecule has 26 heavy (non-hydrogen) atoms. The van der Waals surface area contributed by atoms with E-state index in [1.54, 1.807) is 19.5 Å². The second-order valence-corrected chi connectivity index (χ2v) is 7.52. The molecule has 0 aliphatic heterocycles. The Morgan fingerprint density at radius 2 is 2.19 bits per heavy atom. The van der Waals surface area contributed by atoms with Gasteiger partial charge in [0, 0.05) is 34.5 Å². The Morgan fingerprint density at radius 3 is 2.88 bits per heavy atom. The van der Waals surface area contributed by atoms with E-state index in [1.165, 1.54) is 0 Å². The van der Waals surface area contributed by atoms with Crippen molar-refractivity contribution in [2.75, 3.05) is 7.11 Å². The number of nitriles is 1. The van der Waals surface area contributed by atoms with Gasteiger partial charge in [0.15, 0.2) is 5.82 Å². The molecule has 2 aromatic rings. The molecule has 132 valence electrons. The maximum absolute atomic E-state index is 9.51. The lowest BCUT2D eigenvalue weighted by atomic mass is 9.58. The molecule has 0 N–H and O–H groups in total. The van der Waals surface area contributed by atoms with Crippen molar-refractivity contribution in [1.29, 1.82) is 5.26 Å². The molecule has 0 spiro atoms. The predicted octanol–water partition coefficient (Wildman–Crippen LogP) is 3.86. The highest BCUT2D eigenvalue weighted by Gasteiger charge is 2.47. The minimum Gasteiger partial charge on any atom is -0.481 e. The zero-order chi connectivity index (χ0) is 18.3. The van der Waals surface area contributed by atoms with Crippen LogP contribution in [-0.4, -0.2) is 22.1 Å². The van der Waals surface area contributed by atoms with E-state index in [4.69, 9.17) is 9.72 Å². The molecule has 2 aliphatic rings. The second kappa shape index (κ2) is 6.21. The van der Waals surface area contributed by atoms with Gasteiger partial charge >= 0.3 is 0 Å². The average Bonchev–Trinajstić information content (AvgIpc) is 2.67. The maximum atomic E-state index is 9.51. The zero-order valence-corrected chi connectivity index (χ0v) is 15.4. The highest BCUT2D eigenvalue weighted by Crippen LogP contribution is 2.51. The molecular weight excluding hydrogens is 324 g/mol. The van der Waals surface area contributed by atoms with Crippen LogP contribution in [0.15, 0.2) is 36.2 Å². The zero-order valence-electron chi connectivity index (χ0n) is 15.4. The van der Waals surface area contributed by atoms with Crippen molar-refractivity contribution in [1.82, 2.24) is 15.0 Å². The second-order valence-electron chi connectivity index (χ2n) is 7.52. The number of nitrogens with zero attached hydrogens (tertiary/aromatic N) is 4. The third-order valence-corrected chi connectivity index (χ3v) is 5.91. The summed E-state index contributed by atoms with van der Waals surface area (Å²) in [6.45, 7) is 4.46. The third kappa shape index (κ3) is 2.48. The molecule has 0 amide bonds. The molecule has 3 atom stereocenters. The fourth-order valence-electron chi connectivity index (χ4n) is 4.74. The molecule has 0 bridgehead atoms. The molecule has 2 heterocycles. The topological polar surface area (TPSA) is 71.7 Å². The lowest BCUT2D eigenvalue weighted by molar-refractivity contribution is 0.198. The normalized spacial score (nSPS) is 26.9. The van der Waals surface area contributed by atoms with Crippen molar-refractivity contribution in [2.24, 2.45) is 11.8 Å². The molecule has 0 aromatic carbocycles. The summed E-state index contributed by atoms with van der Waals surface area (Å²) >= 11 is 0. The molecule has 0 unspecified atom stereocenters. The quantitative estimate of drug-likeness (QED) is 0.826. The standard InChI is InChI=1S/C21H22N4O/c1-13-9-14(11-22)10-21(2)17(13)7-6-16-18(21)24-19(25-20(16)26-3)15-5-4-8-23-12-15/h4-5,8,10,12-13,17H,6-7,9H2,1-3H3/t13-,17+,21+/m0/s1. The highest BCUT2D eigenvalue weighted by atomic mass is 16.5. The Hall–Kier alpha value is -2.74. The van der Waals surface area contributed by atoms with Crippen LogP contribution >= 0.6 is 0 Å². The first kappa shape index (κ1) is 16.7. The van der Waals surface area contributed by atoms with Gasteiger partial charge in [-0.3, -0.25) is 4.98 Å². The number of rotatable bonds is 2. The van der Waals surface area contributed by atoms with Gasteiger partial charge in [-0.05, 0) is 43.2 Å². The molecule has 0 saturated heterocycles. The first-order chi connectivity index (χ1) is 12.6. The van der Waals surface area contributed by atoms with Gasteiger partial charge in [-0.15, -0.1) is 0 Å². The number of allylic oxidation sites excluding steroid dienone is 2. The number of hydrogen-bond donors (Lipinski definition) is 0. The van der Waals surface area contributed by atoms with E-state index in [-0.39, 0.29) is 5.41 Å². The third-order valence-electron chi connectivity index (χ3n) is 5.91. The summed E-state index contributed by atoms with van der Waals surface area (Å²) in [4.78, 5) is 13.8. The van der Waals surface area contributed by atoms with Crippen molar-refractivity contribution in [2.45, 2.75) is 38.5 Å². The van der Waals surface area contributed by atoms with Crippen LogP contribution < -0.4 is 4.74 Å². The highest BCUT2D eigenvalue weighted by molar-refractivity contribution is 5.57. The molecule has 2 aliphatic carbocycles. The molecule has 5 heteroatoms. The van der Waals surface area contributed by atoms with E-state index in [0.29, 0.717) is 23.5 Å². The Labute approximate surface area is 153 Å². The van der Waals surface area contributed by atoms with Crippen molar-refractivity contribution in [3.63, 3.8) is 0 Å². The van der Waals surface area contributed by atoms with Crippen molar-refractivity contribution in [3.05, 3.63) is 47.4 Å². The van der Waals surface area contributed by atoms with Crippen LogP contribution in [0.1, 0.15) is 37.9 Å². The summed E-state index contributed by atoms with van der Waals surface area (Å²) in [7, 11) is 1.66. The lowest BCUT2D eigenvalue weighted by Crippen LogP contribution is -2.42. The van der Waals surface area contributed by atoms with E-state index in [9.17, 15) is 5.26 Å². The van der Waals surface area contributed by atoms with E-state index in [2.05, 4.69) is 36.0 Å². The molecule has 4 rings (SSSR count). The summed E-state index contributed by atoms with van der Waals surface area (Å²) in [5.41, 5.74) is 3.52. The van der Waals surface area contributed by atoms with E-state index in [1.807, 2.05) is 12.1 Å². The first-order valence-corrected chi connectivity index (χ1v) is 9.04. The Kier molecular flexibility index (Phi) is 3.99.